The van der Waals surface area contributed by atoms with E-state index in [4.69, 9.17) is 4.52 Å². The molecule has 0 aliphatic heterocycles. The number of imidazole rings is 1. The molecule has 7 nitrogen and oxygen atoms in total. The van der Waals surface area contributed by atoms with Crippen molar-refractivity contribution in [1.82, 2.24) is 24.9 Å². The van der Waals surface area contributed by atoms with Gasteiger partial charge >= 0.3 is 6.03 Å². The van der Waals surface area contributed by atoms with Gasteiger partial charge in [0.25, 0.3) is 0 Å². The van der Waals surface area contributed by atoms with Crippen LogP contribution in [-0.4, -0.2) is 32.2 Å². The number of urea groups is 1. The van der Waals surface area contributed by atoms with E-state index in [0.717, 1.165) is 17.9 Å². The van der Waals surface area contributed by atoms with Crippen LogP contribution >= 0.6 is 0 Å². The predicted molar refractivity (Wildman–Crippen MR) is 77.4 cm³/mol. The molecule has 2 aromatic rings. The van der Waals surface area contributed by atoms with Gasteiger partial charge in [-0.3, -0.25) is 0 Å². The number of carbonyl (C=O) groups excluding carboxylic acids is 1. The Balaban J connectivity index is 1.93. The van der Waals surface area contributed by atoms with Crippen LogP contribution in [0.1, 0.15) is 30.6 Å². The summed E-state index contributed by atoms with van der Waals surface area (Å²) in [5, 5.41) is 6.64. The maximum atomic E-state index is 12.3. The van der Waals surface area contributed by atoms with E-state index in [0.29, 0.717) is 25.4 Å². The van der Waals surface area contributed by atoms with Gasteiger partial charge in [0.1, 0.15) is 5.82 Å². The molecule has 0 aliphatic carbocycles. The van der Waals surface area contributed by atoms with E-state index < -0.39 is 0 Å². The van der Waals surface area contributed by atoms with Crippen LogP contribution in [0.25, 0.3) is 0 Å². The highest BCUT2D eigenvalue weighted by Gasteiger charge is 2.15. The van der Waals surface area contributed by atoms with Gasteiger partial charge in [-0.15, -0.1) is 0 Å². The van der Waals surface area contributed by atoms with E-state index in [-0.39, 0.29) is 6.03 Å². The second-order valence-corrected chi connectivity index (χ2v) is 4.97. The van der Waals surface area contributed by atoms with Crippen molar-refractivity contribution in [2.45, 2.75) is 33.4 Å². The van der Waals surface area contributed by atoms with E-state index >= 15 is 0 Å². The fraction of sp³-hybridized carbons (Fsp3) is 0.500. The summed E-state index contributed by atoms with van der Waals surface area (Å²) in [6, 6.07) is 1.68. The maximum Gasteiger partial charge on any atom is 0.318 e. The largest absolute Gasteiger partial charge is 0.359 e. The molecule has 0 radical (unpaired) electrons. The van der Waals surface area contributed by atoms with Crippen LogP contribution in [0.4, 0.5) is 4.79 Å². The molecule has 7 heteroatoms. The average molecular weight is 291 g/mol. The number of nitrogens with one attached hydrogen (secondary N) is 1. The molecule has 0 aliphatic rings. The van der Waals surface area contributed by atoms with Crippen molar-refractivity contribution in [2.75, 3.05) is 6.54 Å². The number of carbonyl (C=O) groups is 1. The van der Waals surface area contributed by atoms with E-state index in [2.05, 4.69) is 15.5 Å². The molecular weight excluding hydrogens is 270 g/mol. The van der Waals surface area contributed by atoms with Gasteiger partial charge in [-0.2, -0.15) is 0 Å². The Bertz CT molecular complexity index is 590. The lowest BCUT2D eigenvalue weighted by Crippen LogP contribution is -2.40. The van der Waals surface area contributed by atoms with E-state index in [9.17, 15) is 4.79 Å². The van der Waals surface area contributed by atoms with Crippen LogP contribution in [0.2, 0.25) is 0 Å². The lowest BCUT2D eigenvalue weighted by Gasteiger charge is -2.22. The Morgan fingerprint density at radius 2 is 2.33 bits per heavy atom. The fourth-order valence-electron chi connectivity index (χ4n) is 2.02. The lowest BCUT2D eigenvalue weighted by molar-refractivity contribution is 0.191. The van der Waals surface area contributed by atoms with E-state index in [1.54, 1.807) is 11.1 Å². The number of rotatable bonds is 6. The number of hydrogen-bond donors (Lipinski definition) is 1. The molecule has 0 bridgehead atoms. The minimum absolute atomic E-state index is 0.131. The molecule has 0 fully saturated rings. The first kappa shape index (κ1) is 15.1. The highest BCUT2D eigenvalue weighted by molar-refractivity contribution is 5.74. The summed E-state index contributed by atoms with van der Waals surface area (Å²) in [4.78, 5) is 18.3. The van der Waals surface area contributed by atoms with Crippen LogP contribution in [0.15, 0.2) is 23.0 Å². The third-order valence-corrected chi connectivity index (χ3v) is 3.12. The molecule has 0 saturated heterocycles. The SMILES string of the molecule is CCCN(Cc1nccn1C)C(=O)NCc1cc(C)no1. The van der Waals surface area contributed by atoms with Crippen LogP contribution in [0, 0.1) is 6.92 Å². The number of aryl methyl sites for hydroxylation is 2. The van der Waals surface area contributed by atoms with Crippen molar-refractivity contribution in [1.29, 1.82) is 0 Å². The summed E-state index contributed by atoms with van der Waals surface area (Å²) < 4.78 is 6.99. The Kier molecular flexibility index (Phi) is 4.97. The number of aromatic nitrogens is 3. The summed E-state index contributed by atoms with van der Waals surface area (Å²) >= 11 is 0. The van der Waals surface area contributed by atoms with E-state index in [1.165, 1.54) is 0 Å². The molecule has 1 N–H and O–H groups in total. The Morgan fingerprint density at radius 3 is 2.90 bits per heavy atom. The Hall–Kier alpha value is -2.31. The minimum Gasteiger partial charge on any atom is -0.359 e. The molecule has 114 valence electrons. The van der Waals surface area contributed by atoms with Crippen LogP contribution in [0.5, 0.6) is 0 Å². The summed E-state index contributed by atoms with van der Waals surface area (Å²) in [5.74, 6) is 1.50. The quantitative estimate of drug-likeness (QED) is 0.881. The van der Waals surface area contributed by atoms with Crippen molar-refractivity contribution in [3.8, 4) is 0 Å². The van der Waals surface area contributed by atoms with Crippen LogP contribution < -0.4 is 5.32 Å². The smallest absolute Gasteiger partial charge is 0.318 e. The summed E-state index contributed by atoms with van der Waals surface area (Å²) in [6.45, 7) is 5.38. The predicted octanol–water partition coefficient (Wildman–Crippen LogP) is 1.84. The van der Waals surface area contributed by atoms with Gasteiger partial charge in [-0.25, -0.2) is 9.78 Å². The molecule has 0 spiro atoms. The summed E-state index contributed by atoms with van der Waals surface area (Å²) in [6.07, 6.45) is 4.49. The highest BCUT2D eigenvalue weighted by atomic mass is 16.5. The second-order valence-electron chi connectivity index (χ2n) is 4.97. The highest BCUT2D eigenvalue weighted by Crippen LogP contribution is 2.05. The van der Waals surface area contributed by atoms with E-state index in [1.807, 2.05) is 37.7 Å². The molecule has 2 amide bonds. The number of nitrogens with zero attached hydrogens (tertiary/aromatic N) is 4. The monoisotopic (exact) mass is 291 g/mol. The molecule has 2 aromatic heterocycles. The van der Waals surface area contributed by atoms with Crippen molar-refractivity contribution in [2.24, 2.45) is 7.05 Å². The lowest BCUT2D eigenvalue weighted by atomic mass is 10.4. The number of hydrogen-bond acceptors (Lipinski definition) is 4. The average Bonchev–Trinajstić information content (AvgIpc) is 3.05. The third kappa shape index (κ3) is 4.08. The summed E-state index contributed by atoms with van der Waals surface area (Å²) in [7, 11) is 1.92. The topological polar surface area (TPSA) is 76.2 Å². The standard InChI is InChI=1S/C14H21N5O2/c1-4-6-19(10-13-15-5-7-18(13)3)14(20)16-9-12-8-11(2)17-21-12/h5,7-8H,4,6,9-10H2,1-3H3,(H,16,20). The van der Waals surface area contributed by atoms with Crippen molar-refractivity contribution in [3.63, 3.8) is 0 Å². The summed E-state index contributed by atoms with van der Waals surface area (Å²) in [5.41, 5.74) is 0.803. The molecule has 2 rings (SSSR count). The molecule has 0 aromatic carbocycles. The van der Waals surface area contributed by atoms with Crippen molar-refractivity contribution >= 4 is 6.03 Å². The van der Waals surface area contributed by atoms with Gasteiger partial charge in [-0.05, 0) is 13.3 Å². The number of amides is 2. The molecule has 0 saturated carbocycles. The van der Waals surface area contributed by atoms with Crippen molar-refractivity contribution < 1.29 is 9.32 Å². The second kappa shape index (κ2) is 6.92. The zero-order chi connectivity index (χ0) is 15.2. The van der Waals surface area contributed by atoms with Crippen LogP contribution in [0.3, 0.4) is 0 Å². The first-order valence-corrected chi connectivity index (χ1v) is 7.01. The molecule has 0 atom stereocenters. The molecule has 2 heterocycles. The zero-order valence-electron chi connectivity index (χ0n) is 12.7. The zero-order valence-corrected chi connectivity index (χ0v) is 12.7. The maximum absolute atomic E-state index is 12.3. The van der Waals surface area contributed by atoms with Gasteiger partial charge in [0.05, 0.1) is 18.8 Å². The van der Waals surface area contributed by atoms with Gasteiger partial charge in [0, 0.05) is 32.1 Å². The van der Waals surface area contributed by atoms with Gasteiger partial charge < -0.3 is 19.3 Å². The first-order chi connectivity index (χ1) is 10.1. The molecular formula is C14H21N5O2. The van der Waals surface area contributed by atoms with Crippen molar-refractivity contribution in [3.05, 3.63) is 35.7 Å². The normalized spacial score (nSPS) is 10.6. The fourth-order valence-corrected chi connectivity index (χ4v) is 2.02. The van der Waals surface area contributed by atoms with Gasteiger partial charge in [0.2, 0.25) is 0 Å². The third-order valence-electron chi connectivity index (χ3n) is 3.12. The van der Waals surface area contributed by atoms with Gasteiger partial charge in [-0.1, -0.05) is 12.1 Å². The van der Waals surface area contributed by atoms with Crippen LogP contribution in [-0.2, 0) is 20.1 Å². The van der Waals surface area contributed by atoms with Gasteiger partial charge in [0.15, 0.2) is 5.76 Å². The Morgan fingerprint density at radius 1 is 1.52 bits per heavy atom. The Labute approximate surface area is 123 Å². The molecule has 21 heavy (non-hydrogen) atoms. The first-order valence-electron chi connectivity index (χ1n) is 7.01. The minimum atomic E-state index is -0.131. The molecule has 0 unspecified atom stereocenters.